The second kappa shape index (κ2) is 4.40. The van der Waals surface area contributed by atoms with Gasteiger partial charge in [-0.1, -0.05) is 22.9 Å². The van der Waals surface area contributed by atoms with Gasteiger partial charge in [0.2, 0.25) is 0 Å². The van der Waals surface area contributed by atoms with Gasteiger partial charge in [-0.25, -0.2) is 9.78 Å². The summed E-state index contributed by atoms with van der Waals surface area (Å²) in [5.74, 6) is -0.493. The van der Waals surface area contributed by atoms with Crippen molar-refractivity contribution in [3.63, 3.8) is 0 Å². The maximum absolute atomic E-state index is 11.5. The molecule has 2 aromatic heterocycles. The van der Waals surface area contributed by atoms with Crippen LogP contribution in [0.25, 0.3) is 9.75 Å². The van der Waals surface area contributed by atoms with E-state index < -0.39 is 5.97 Å². The Morgan fingerprint density at radius 1 is 1.62 bits per heavy atom. The highest BCUT2D eigenvalue weighted by Crippen LogP contribution is 2.37. The zero-order valence-corrected chi connectivity index (χ0v) is 10.6. The molecule has 0 bridgehead atoms. The molecule has 2 aromatic rings. The number of ether oxygens (including phenoxy) is 1. The van der Waals surface area contributed by atoms with Crippen molar-refractivity contribution in [2.24, 2.45) is 0 Å². The Morgan fingerprint density at radius 3 is 2.94 bits per heavy atom. The quantitative estimate of drug-likeness (QED) is 0.855. The van der Waals surface area contributed by atoms with Gasteiger partial charge in [0.15, 0.2) is 10.8 Å². The van der Waals surface area contributed by atoms with Gasteiger partial charge in [-0.15, -0.1) is 11.3 Å². The van der Waals surface area contributed by atoms with Crippen LogP contribution >= 0.6 is 34.3 Å². The van der Waals surface area contributed by atoms with Crippen LogP contribution in [0.3, 0.4) is 0 Å². The third-order valence-corrected chi connectivity index (χ3v) is 4.16. The molecule has 0 amide bonds. The minimum Gasteiger partial charge on any atom is -0.464 e. The van der Waals surface area contributed by atoms with Crippen LogP contribution in [0.2, 0.25) is 5.02 Å². The number of esters is 1. The van der Waals surface area contributed by atoms with E-state index in [1.165, 1.54) is 29.8 Å². The highest BCUT2D eigenvalue weighted by atomic mass is 35.5. The first-order valence-electron chi connectivity index (χ1n) is 4.21. The van der Waals surface area contributed by atoms with Gasteiger partial charge in [0.1, 0.15) is 0 Å². The second-order valence-corrected chi connectivity index (χ2v) is 5.23. The molecule has 2 N–H and O–H groups in total. The van der Waals surface area contributed by atoms with E-state index in [4.69, 9.17) is 17.3 Å². The summed E-state index contributed by atoms with van der Waals surface area (Å²) in [6.07, 6.45) is 0. The molecule has 0 spiro atoms. The van der Waals surface area contributed by atoms with Crippen LogP contribution in [0, 0.1) is 0 Å². The standard InChI is InChI=1S/C9H7ClN2O2S2/c1-14-8(13)6-7(16-9(11)12-6)5-2-4(10)3-15-5/h2-3H,1H3,(H2,11,12). The van der Waals surface area contributed by atoms with Crippen molar-refractivity contribution < 1.29 is 9.53 Å². The number of halogens is 1. The Morgan fingerprint density at radius 2 is 2.38 bits per heavy atom. The fourth-order valence-corrected chi connectivity index (χ4v) is 3.19. The Balaban J connectivity index is 2.52. The zero-order valence-electron chi connectivity index (χ0n) is 8.19. The number of thiophene rings is 1. The summed E-state index contributed by atoms with van der Waals surface area (Å²) in [6.45, 7) is 0. The summed E-state index contributed by atoms with van der Waals surface area (Å²) >= 11 is 8.51. The predicted molar refractivity (Wildman–Crippen MR) is 66.2 cm³/mol. The number of hydrogen-bond donors (Lipinski definition) is 1. The Kier molecular flexibility index (Phi) is 3.13. The van der Waals surface area contributed by atoms with Gasteiger partial charge in [-0.3, -0.25) is 0 Å². The van der Waals surface area contributed by atoms with Gasteiger partial charge in [-0.05, 0) is 6.07 Å². The van der Waals surface area contributed by atoms with Crippen LogP contribution in [0.5, 0.6) is 0 Å². The summed E-state index contributed by atoms with van der Waals surface area (Å²) in [7, 11) is 1.31. The average molecular weight is 275 g/mol. The van der Waals surface area contributed by atoms with Crippen molar-refractivity contribution in [2.75, 3.05) is 12.8 Å². The fourth-order valence-electron chi connectivity index (χ4n) is 1.17. The Bertz CT molecular complexity index is 535. The van der Waals surface area contributed by atoms with Gasteiger partial charge in [-0.2, -0.15) is 0 Å². The molecule has 0 atom stereocenters. The summed E-state index contributed by atoms with van der Waals surface area (Å²) in [5.41, 5.74) is 5.83. The molecule has 0 aromatic carbocycles. The van der Waals surface area contributed by atoms with E-state index in [2.05, 4.69) is 9.72 Å². The highest BCUT2D eigenvalue weighted by molar-refractivity contribution is 7.23. The van der Waals surface area contributed by atoms with Crippen molar-refractivity contribution in [1.82, 2.24) is 4.98 Å². The van der Waals surface area contributed by atoms with Crippen molar-refractivity contribution in [3.05, 3.63) is 22.2 Å². The van der Waals surface area contributed by atoms with Crippen LogP contribution < -0.4 is 5.73 Å². The first kappa shape index (κ1) is 11.4. The van der Waals surface area contributed by atoms with Gasteiger partial charge < -0.3 is 10.5 Å². The fraction of sp³-hybridized carbons (Fsp3) is 0.111. The van der Waals surface area contributed by atoms with Crippen molar-refractivity contribution in [3.8, 4) is 9.75 Å². The first-order valence-corrected chi connectivity index (χ1v) is 6.28. The van der Waals surface area contributed by atoms with E-state index in [-0.39, 0.29) is 5.69 Å². The number of carbonyl (C=O) groups is 1. The largest absolute Gasteiger partial charge is 0.464 e. The number of thiazole rings is 1. The maximum atomic E-state index is 11.5. The number of nitrogens with two attached hydrogens (primary N) is 1. The van der Waals surface area contributed by atoms with Crippen LogP contribution in [0.4, 0.5) is 5.13 Å². The molecule has 84 valence electrons. The number of aromatic nitrogens is 1. The van der Waals surface area contributed by atoms with Crippen LogP contribution in [0.15, 0.2) is 11.4 Å². The second-order valence-electron chi connectivity index (χ2n) is 2.85. The molecular weight excluding hydrogens is 268 g/mol. The maximum Gasteiger partial charge on any atom is 0.358 e. The smallest absolute Gasteiger partial charge is 0.358 e. The van der Waals surface area contributed by atoms with Gasteiger partial charge in [0.25, 0.3) is 0 Å². The monoisotopic (exact) mass is 274 g/mol. The topological polar surface area (TPSA) is 65.2 Å². The molecule has 0 saturated heterocycles. The molecular formula is C9H7ClN2O2S2. The van der Waals surface area contributed by atoms with E-state index in [1.807, 2.05) is 0 Å². The van der Waals surface area contributed by atoms with Crippen LogP contribution in [-0.4, -0.2) is 18.1 Å². The molecule has 16 heavy (non-hydrogen) atoms. The summed E-state index contributed by atoms with van der Waals surface area (Å²) in [5, 5.41) is 2.75. The minimum absolute atomic E-state index is 0.239. The third-order valence-electron chi connectivity index (χ3n) is 1.81. The van der Waals surface area contributed by atoms with E-state index >= 15 is 0 Å². The number of methoxy groups -OCH3 is 1. The first-order chi connectivity index (χ1) is 7.61. The van der Waals surface area contributed by atoms with E-state index in [0.717, 1.165) is 4.88 Å². The lowest BCUT2D eigenvalue weighted by Gasteiger charge is -1.96. The Hall–Kier alpha value is -1.11. The molecule has 2 rings (SSSR count). The number of carbonyl (C=O) groups excluding carboxylic acids is 1. The van der Waals surface area contributed by atoms with Crippen LogP contribution in [0.1, 0.15) is 10.5 Å². The van der Waals surface area contributed by atoms with Crippen LogP contribution in [-0.2, 0) is 4.74 Å². The molecule has 0 fully saturated rings. The van der Waals surface area contributed by atoms with E-state index in [1.54, 1.807) is 11.4 Å². The molecule has 0 aliphatic carbocycles. The lowest BCUT2D eigenvalue weighted by Crippen LogP contribution is -2.03. The van der Waals surface area contributed by atoms with E-state index in [9.17, 15) is 4.79 Å². The van der Waals surface area contributed by atoms with Crippen molar-refractivity contribution in [1.29, 1.82) is 0 Å². The Labute approximate surface area is 105 Å². The molecule has 0 saturated carbocycles. The molecule has 0 radical (unpaired) electrons. The highest BCUT2D eigenvalue weighted by Gasteiger charge is 2.20. The van der Waals surface area contributed by atoms with Gasteiger partial charge >= 0.3 is 5.97 Å². The molecule has 2 heterocycles. The number of anilines is 1. The number of rotatable bonds is 2. The normalized spacial score (nSPS) is 10.4. The molecule has 4 nitrogen and oxygen atoms in total. The molecule has 0 aliphatic rings. The third kappa shape index (κ3) is 2.04. The number of nitrogens with zero attached hydrogens (tertiary/aromatic N) is 1. The van der Waals surface area contributed by atoms with Crippen molar-refractivity contribution >= 4 is 45.4 Å². The lowest BCUT2D eigenvalue weighted by atomic mass is 10.3. The summed E-state index contributed by atoms with van der Waals surface area (Å²) in [6, 6.07) is 1.77. The zero-order chi connectivity index (χ0) is 11.7. The minimum atomic E-state index is -0.493. The lowest BCUT2D eigenvalue weighted by molar-refractivity contribution is 0.0596. The van der Waals surface area contributed by atoms with Gasteiger partial charge in [0, 0.05) is 10.3 Å². The number of nitrogen functional groups attached to an aromatic ring is 1. The predicted octanol–water partition coefficient (Wildman–Crippen LogP) is 2.89. The summed E-state index contributed by atoms with van der Waals surface area (Å²) in [4.78, 5) is 17.0. The molecule has 7 heteroatoms. The molecule has 0 aliphatic heterocycles. The molecule has 0 unspecified atom stereocenters. The van der Waals surface area contributed by atoms with Gasteiger partial charge in [0.05, 0.1) is 17.0 Å². The van der Waals surface area contributed by atoms with Crippen molar-refractivity contribution in [2.45, 2.75) is 0 Å². The average Bonchev–Trinajstić information content (AvgIpc) is 2.83. The SMILES string of the molecule is COC(=O)c1nc(N)sc1-c1cc(Cl)cs1. The number of hydrogen-bond acceptors (Lipinski definition) is 6. The van der Waals surface area contributed by atoms with E-state index in [0.29, 0.717) is 15.0 Å². The summed E-state index contributed by atoms with van der Waals surface area (Å²) < 4.78 is 4.64.